The number of phenolic OH excluding ortho intramolecular Hbond substituents is 2. The number of carbonyl (C=O) groups excluding carboxylic acids is 2. The quantitative estimate of drug-likeness (QED) is 0.129. The minimum absolute atomic E-state index is 0.0477. The molecule has 0 spiro atoms. The summed E-state index contributed by atoms with van der Waals surface area (Å²) in [6, 6.07) is 12.4. The molecule has 0 unspecified atom stereocenters. The minimum atomic E-state index is -1.72. The second-order valence-electron chi connectivity index (χ2n) is 11.5. The first kappa shape index (κ1) is 28.4. The van der Waals surface area contributed by atoms with Gasteiger partial charge in [-0.15, -0.1) is 0 Å². The predicted octanol–water partition coefficient (Wildman–Crippen LogP) is 1.51. The van der Waals surface area contributed by atoms with E-state index >= 15 is 0 Å². The van der Waals surface area contributed by atoms with Crippen molar-refractivity contribution in [3.8, 4) is 11.5 Å². The van der Waals surface area contributed by atoms with Crippen LogP contribution in [0.2, 0.25) is 0 Å². The summed E-state index contributed by atoms with van der Waals surface area (Å²) in [6.45, 7) is -0.557. The Bertz CT molecular complexity index is 2230. The van der Waals surface area contributed by atoms with Crippen molar-refractivity contribution in [2.24, 2.45) is 0 Å². The van der Waals surface area contributed by atoms with Gasteiger partial charge in [-0.25, -0.2) is 10.4 Å². The lowest BCUT2D eigenvalue weighted by molar-refractivity contribution is -0.249. The van der Waals surface area contributed by atoms with Gasteiger partial charge in [0.15, 0.2) is 6.23 Å². The number of amides is 2. The zero-order valence-electron chi connectivity index (χ0n) is 23.8. The highest BCUT2D eigenvalue weighted by Gasteiger charge is 2.47. The van der Waals surface area contributed by atoms with Crippen molar-refractivity contribution < 1.29 is 45.0 Å². The van der Waals surface area contributed by atoms with Crippen molar-refractivity contribution in [2.75, 3.05) is 6.61 Å². The van der Waals surface area contributed by atoms with E-state index in [0.717, 1.165) is 10.6 Å². The Morgan fingerprint density at radius 1 is 0.891 bits per heavy atom. The molecule has 2 amide bonds. The Labute approximate surface area is 258 Å². The van der Waals surface area contributed by atoms with E-state index < -0.39 is 49.1 Å². The molecule has 234 valence electrons. The minimum Gasteiger partial charge on any atom is -0.508 e. The Kier molecular flexibility index (Phi) is 6.30. The average Bonchev–Trinajstić information content (AvgIpc) is 3.66. The zero-order valence-corrected chi connectivity index (χ0v) is 23.8. The van der Waals surface area contributed by atoms with Crippen LogP contribution >= 0.6 is 0 Å². The summed E-state index contributed by atoms with van der Waals surface area (Å²) in [5.74, 6) is -1.46. The molecule has 8 N–H and O–H groups in total. The number of H-pyrrole nitrogens is 1. The number of aliphatic hydroxyl groups is 4. The maximum Gasteiger partial charge on any atom is 0.276 e. The third-order valence-electron chi connectivity index (χ3n) is 8.88. The number of nitrogens with zero attached hydrogens (tertiary/aromatic N) is 3. The summed E-state index contributed by atoms with van der Waals surface area (Å²) in [6.07, 6.45) is -4.54. The monoisotopic (exact) mass is 625 g/mol. The summed E-state index contributed by atoms with van der Waals surface area (Å²) in [7, 11) is 0. The molecule has 0 saturated carbocycles. The van der Waals surface area contributed by atoms with Crippen molar-refractivity contribution in [2.45, 2.75) is 37.2 Å². The maximum atomic E-state index is 14.3. The first-order valence-electron chi connectivity index (χ1n) is 14.5. The summed E-state index contributed by atoms with van der Waals surface area (Å²) in [4.78, 5) is 35.8. The summed E-state index contributed by atoms with van der Waals surface area (Å²) in [5, 5.41) is 65.9. The fourth-order valence-electron chi connectivity index (χ4n) is 6.79. The van der Waals surface area contributed by atoms with Gasteiger partial charge in [-0.2, -0.15) is 0 Å². The van der Waals surface area contributed by atoms with Crippen LogP contribution < -0.4 is 5.43 Å². The van der Waals surface area contributed by atoms with E-state index in [2.05, 4.69) is 15.4 Å². The van der Waals surface area contributed by atoms with Crippen LogP contribution in [0.4, 0.5) is 0 Å². The summed E-state index contributed by atoms with van der Waals surface area (Å²) in [5.41, 5.74) is 5.16. The van der Waals surface area contributed by atoms with Gasteiger partial charge in [-0.1, -0.05) is 6.07 Å². The van der Waals surface area contributed by atoms with Gasteiger partial charge in [-0.3, -0.25) is 14.6 Å². The van der Waals surface area contributed by atoms with E-state index in [0.29, 0.717) is 32.6 Å². The maximum absolute atomic E-state index is 14.3. The van der Waals surface area contributed by atoms with Crippen LogP contribution in [-0.2, 0) is 11.3 Å². The average molecular weight is 626 g/mol. The third kappa shape index (κ3) is 3.89. The van der Waals surface area contributed by atoms with E-state index in [1.54, 1.807) is 36.7 Å². The first-order valence-corrected chi connectivity index (χ1v) is 14.5. The highest BCUT2D eigenvalue weighted by atomic mass is 16.6. The number of hydrogen-bond acceptors (Lipinski definition) is 11. The number of imide groups is 1. The van der Waals surface area contributed by atoms with Crippen molar-refractivity contribution in [3.05, 3.63) is 77.6 Å². The summed E-state index contributed by atoms with van der Waals surface area (Å²) < 4.78 is 7.47. The molecule has 3 aromatic heterocycles. The van der Waals surface area contributed by atoms with Crippen LogP contribution in [0.5, 0.6) is 11.5 Å². The molecular formula is C32H27N5O9. The number of phenols is 2. The number of hydrogen-bond donors (Lipinski definition) is 8. The number of rotatable bonds is 5. The third-order valence-corrected chi connectivity index (χ3v) is 8.88. The normalized spacial score (nSPS) is 23.4. The number of pyridine rings is 1. The molecular weight excluding hydrogens is 598 g/mol. The Balaban J connectivity index is 1.47. The predicted molar refractivity (Wildman–Crippen MR) is 163 cm³/mol. The molecule has 1 fully saturated rings. The molecule has 1 saturated heterocycles. The Morgan fingerprint density at radius 3 is 2.33 bits per heavy atom. The fourth-order valence-corrected chi connectivity index (χ4v) is 6.79. The topological polar surface area (TPSA) is 214 Å². The molecule has 46 heavy (non-hydrogen) atoms. The molecule has 0 radical (unpaired) electrons. The van der Waals surface area contributed by atoms with Crippen LogP contribution in [0.15, 0.2) is 60.9 Å². The summed E-state index contributed by atoms with van der Waals surface area (Å²) >= 11 is 0. The van der Waals surface area contributed by atoms with Crippen LogP contribution in [0, 0.1) is 0 Å². The lowest BCUT2D eigenvalue weighted by atomic mass is 9.96. The number of nitrogens with one attached hydrogen (secondary N) is 2. The van der Waals surface area contributed by atoms with Crippen LogP contribution in [0.3, 0.4) is 0 Å². The molecule has 2 aliphatic rings. The number of hydrazine groups is 1. The van der Waals surface area contributed by atoms with Crippen molar-refractivity contribution in [1.82, 2.24) is 25.0 Å². The number of aromatic hydroxyl groups is 2. The lowest BCUT2D eigenvalue weighted by Gasteiger charge is -2.41. The van der Waals surface area contributed by atoms with E-state index in [1.807, 2.05) is 0 Å². The van der Waals surface area contributed by atoms with Crippen molar-refractivity contribution >= 4 is 55.4 Å². The number of aromatic amines is 1. The molecule has 2 aliphatic heterocycles. The van der Waals surface area contributed by atoms with Gasteiger partial charge in [0, 0.05) is 52.6 Å². The number of benzene rings is 3. The Hall–Kier alpha value is -5.09. The molecule has 3 aromatic carbocycles. The number of aromatic nitrogens is 3. The van der Waals surface area contributed by atoms with Crippen molar-refractivity contribution in [1.29, 1.82) is 0 Å². The smallest absolute Gasteiger partial charge is 0.276 e. The SMILES string of the molecule is O=C1c2c(c3c4ccc(O)cc4n([C@@H]4O[C@H](CO)[C@@H](O)[C@H](O)[C@H]4O)c3c3[nH]c4cc(O)ccc4c23)C(=O)N1NCc1cccnc1. The van der Waals surface area contributed by atoms with E-state index in [4.69, 9.17) is 4.74 Å². The van der Waals surface area contributed by atoms with Crippen LogP contribution in [0.25, 0.3) is 43.6 Å². The lowest BCUT2D eigenvalue weighted by Crippen LogP contribution is -2.56. The largest absolute Gasteiger partial charge is 0.508 e. The zero-order chi connectivity index (χ0) is 32.0. The number of ether oxygens (including phenoxy) is 1. The highest BCUT2D eigenvalue weighted by molar-refractivity contribution is 6.39. The molecule has 5 atom stereocenters. The Morgan fingerprint density at radius 2 is 1.61 bits per heavy atom. The second-order valence-corrected chi connectivity index (χ2v) is 11.5. The fraction of sp³-hybridized carbons (Fsp3) is 0.219. The van der Waals surface area contributed by atoms with Gasteiger partial charge in [0.2, 0.25) is 0 Å². The van der Waals surface area contributed by atoms with Gasteiger partial charge in [0.25, 0.3) is 11.8 Å². The number of carbonyl (C=O) groups is 2. The molecule has 5 heterocycles. The molecule has 14 nitrogen and oxygen atoms in total. The van der Waals surface area contributed by atoms with Crippen LogP contribution in [0.1, 0.15) is 32.5 Å². The van der Waals surface area contributed by atoms with Gasteiger partial charge in [0.05, 0.1) is 39.8 Å². The standard InChI is InChI=1S/C32H27N5O9/c38-12-20-27(41)28(42)29(43)32(46-20)36-19-9-15(40)4-6-17(19)22-24-23(21-16-5-3-14(39)8-18(16)35-25(21)26(22)36)30(44)37(31(24)45)34-11-13-2-1-7-33-10-13/h1-10,20,27-29,32,34-35,38-43H,11-12H2/t20-,27-,28+,29-,32-/m1/s1. The highest BCUT2D eigenvalue weighted by Crippen LogP contribution is 2.47. The molecule has 6 aromatic rings. The molecule has 0 bridgehead atoms. The molecule has 14 heteroatoms. The van der Waals surface area contributed by atoms with Crippen molar-refractivity contribution in [3.63, 3.8) is 0 Å². The number of fused-ring (bicyclic) bond motifs is 10. The first-order chi connectivity index (χ1) is 22.2. The van der Waals surface area contributed by atoms with E-state index in [1.165, 1.54) is 28.8 Å². The second kappa shape index (κ2) is 10.2. The van der Waals surface area contributed by atoms with Gasteiger partial charge in [0.1, 0.15) is 35.9 Å². The van der Waals surface area contributed by atoms with E-state index in [-0.39, 0.29) is 40.2 Å². The van der Waals surface area contributed by atoms with Gasteiger partial charge >= 0.3 is 0 Å². The van der Waals surface area contributed by atoms with Gasteiger partial charge < -0.3 is 44.9 Å². The molecule has 8 rings (SSSR count). The molecule has 0 aliphatic carbocycles. The van der Waals surface area contributed by atoms with Gasteiger partial charge in [-0.05, 0) is 35.9 Å². The van der Waals surface area contributed by atoms with Crippen LogP contribution in [-0.4, -0.2) is 93.0 Å². The number of aliphatic hydroxyl groups excluding tert-OH is 4. The van der Waals surface area contributed by atoms with E-state index in [9.17, 15) is 40.2 Å².